The Morgan fingerprint density at radius 2 is 2.05 bits per heavy atom. The summed E-state index contributed by atoms with van der Waals surface area (Å²) in [5.74, 6) is -0.243. The van der Waals surface area contributed by atoms with Crippen LogP contribution in [-0.4, -0.2) is 48.1 Å². The van der Waals surface area contributed by atoms with Crippen molar-refractivity contribution < 1.29 is 14.3 Å². The zero-order valence-corrected chi connectivity index (χ0v) is 12.6. The van der Waals surface area contributed by atoms with Crippen LogP contribution in [0.25, 0.3) is 0 Å². The van der Waals surface area contributed by atoms with Crippen molar-refractivity contribution >= 4 is 11.9 Å². The van der Waals surface area contributed by atoms with E-state index in [2.05, 4.69) is 18.5 Å². The molecular weight excluding hydrogens is 268 g/mol. The van der Waals surface area contributed by atoms with Crippen LogP contribution in [0.5, 0.6) is 0 Å². The molecule has 2 heterocycles. The van der Waals surface area contributed by atoms with E-state index in [-0.39, 0.29) is 29.9 Å². The monoisotopic (exact) mass is 292 g/mol. The molecule has 0 radical (unpaired) electrons. The van der Waals surface area contributed by atoms with Gasteiger partial charge in [0.2, 0.25) is 5.91 Å². The molecular formula is C16H24N2O3. The van der Waals surface area contributed by atoms with Gasteiger partial charge < -0.3 is 15.0 Å². The summed E-state index contributed by atoms with van der Waals surface area (Å²) in [5, 5.41) is 3.22. The van der Waals surface area contributed by atoms with Gasteiger partial charge in [-0.15, -0.1) is 13.2 Å². The molecule has 1 unspecified atom stereocenters. The van der Waals surface area contributed by atoms with Crippen LogP contribution in [0, 0.1) is 5.92 Å². The number of rotatable bonds is 5. The molecule has 4 atom stereocenters. The molecule has 5 heteroatoms. The number of hydrogen-bond acceptors (Lipinski definition) is 4. The summed E-state index contributed by atoms with van der Waals surface area (Å²) in [6.45, 7) is 10.5. The first-order valence-corrected chi connectivity index (χ1v) is 7.61. The summed E-state index contributed by atoms with van der Waals surface area (Å²) in [4.78, 5) is 26.6. The summed E-state index contributed by atoms with van der Waals surface area (Å²) in [6, 6.07) is -0.881. The second kappa shape index (κ2) is 6.89. The first-order chi connectivity index (χ1) is 10.1. The van der Waals surface area contributed by atoms with Crippen molar-refractivity contribution in [1.82, 2.24) is 10.2 Å². The van der Waals surface area contributed by atoms with Crippen LogP contribution in [0.1, 0.15) is 26.2 Å². The van der Waals surface area contributed by atoms with Crippen LogP contribution in [-0.2, 0) is 14.3 Å². The third-order valence-electron chi connectivity index (χ3n) is 4.35. The zero-order chi connectivity index (χ0) is 15.4. The summed E-state index contributed by atoms with van der Waals surface area (Å²) in [5.41, 5.74) is 0. The van der Waals surface area contributed by atoms with Gasteiger partial charge in [0.05, 0.1) is 18.7 Å². The van der Waals surface area contributed by atoms with Crippen LogP contribution in [0.2, 0.25) is 0 Å². The molecule has 2 rings (SSSR count). The highest BCUT2D eigenvalue weighted by molar-refractivity contribution is 5.89. The molecule has 2 aliphatic rings. The normalized spacial score (nSPS) is 32.0. The average molecular weight is 292 g/mol. The van der Waals surface area contributed by atoms with E-state index < -0.39 is 6.04 Å². The van der Waals surface area contributed by atoms with Crippen LogP contribution >= 0.6 is 0 Å². The highest BCUT2D eigenvalue weighted by atomic mass is 16.5. The third kappa shape index (κ3) is 3.02. The Morgan fingerprint density at radius 3 is 2.67 bits per heavy atom. The number of carbonyl (C=O) groups excluding carboxylic acids is 2. The number of carbonyl (C=O) groups is 2. The number of nitrogens with zero attached hydrogens (tertiary/aromatic N) is 1. The maximum Gasteiger partial charge on any atom is 0.328 e. The fourth-order valence-corrected chi connectivity index (χ4v) is 3.26. The number of hydrogen-bond donors (Lipinski definition) is 1. The van der Waals surface area contributed by atoms with E-state index in [0.717, 1.165) is 19.4 Å². The van der Waals surface area contributed by atoms with E-state index in [1.54, 1.807) is 17.9 Å². The number of esters is 1. The van der Waals surface area contributed by atoms with Crippen LogP contribution in [0.15, 0.2) is 25.3 Å². The largest absolute Gasteiger partial charge is 0.464 e. The molecule has 2 saturated heterocycles. The van der Waals surface area contributed by atoms with Gasteiger partial charge in [0.15, 0.2) is 0 Å². The molecule has 0 bridgehead atoms. The lowest BCUT2D eigenvalue weighted by molar-refractivity contribution is -0.154. The Morgan fingerprint density at radius 1 is 1.29 bits per heavy atom. The molecule has 1 amide bonds. The molecule has 5 nitrogen and oxygen atoms in total. The minimum absolute atomic E-state index is 0.0437. The van der Waals surface area contributed by atoms with Gasteiger partial charge in [-0.25, -0.2) is 4.79 Å². The van der Waals surface area contributed by atoms with E-state index in [1.165, 1.54) is 0 Å². The smallest absolute Gasteiger partial charge is 0.328 e. The van der Waals surface area contributed by atoms with Crippen molar-refractivity contribution in [3.05, 3.63) is 25.3 Å². The van der Waals surface area contributed by atoms with Crippen molar-refractivity contribution in [3.63, 3.8) is 0 Å². The second-order valence-electron chi connectivity index (χ2n) is 5.51. The predicted octanol–water partition coefficient (Wildman–Crippen LogP) is 1.26. The molecule has 2 aliphatic heterocycles. The minimum atomic E-state index is -0.492. The zero-order valence-electron chi connectivity index (χ0n) is 12.6. The molecule has 0 spiro atoms. The number of ether oxygens (including phenoxy) is 1. The fraction of sp³-hybridized carbons (Fsp3) is 0.625. The molecule has 21 heavy (non-hydrogen) atoms. The first-order valence-electron chi connectivity index (χ1n) is 7.61. The first kappa shape index (κ1) is 15.8. The van der Waals surface area contributed by atoms with Crippen LogP contribution in [0.4, 0.5) is 0 Å². The van der Waals surface area contributed by atoms with Gasteiger partial charge >= 0.3 is 5.97 Å². The van der Waals surface area contributed by atoms with E-state index in [4.69, 9.17) is 4.74 Å². The van der Waals surface area contributed by atoms with Gasteiger partial charge in [-0.05, 0) is 32.7 Å². The van der Waals surface area contributed by atoms with Gasteiger partial charge in [-0.1, -0.05) is 12.2 Å². The lowest BCUT2D eigenvalue weighted by Crippen LogP contribution is -2.52. The Labute approximate surface area is 126 Å². The topological polar surface area (TPSA) is 58.6 Å². The van der Waals surface area contributed by atoms with E-state index in [9.17, 15) is 9.59 Å². The quantitative estimate of drug-likeness (QED) is 0.612. The van der Waals surface area contributed by atoms with Crippen LogP contribution in [0.3, 0.4) is 0 Å². The van der Waals surface area contributed by atoms with Crippen molar-refractivity contribution in [2.24, 2.45) is 5.92 Å². The number of nitrogens with one attached hydrogen (secondary N) is 1. The standard InChI is InChI=1S/C16H24N2O3/c1-4-11-9-10-17-14(11)15(19)18-12(5-2)7-8-13(18)16(20)21-6-3/h4-5,11-14,17H,1-2,6-10H2,3H3/t11-,12?,13-,14-/m0/s1. The molecule has 0 aromatic rings. The van der Waals surface area contributed by atoms with Crippen molar-refractivity contribution in [2.45, 2.75) is 44.3 Å². The van der Waals surface area contributed by atoms with Gasteiger partial charge in [-0.3, -0.25) is 4.79 Å². The summed E-state index contributed by atoms with van der Waals surface area (Å²) < 4.78 is 5.11. The maximum absolute atomic E-state index is 12.9. The highest BCUT2D eigenvalue weighted by Gasteiger charge is 2.44. The molecule has 1 N–H and O–H groups in total. The third-order valence-corrected chi connectivity index (χ3v) is 4.35. The number of likely N-dealkylation sites (tertiary alicyclic amines) is 1. The van der Waals surface area contributed by atoms with Gasteiger partial charge in [0, 0.05) is 5.92 Å². The summed E-state index contributed by atoms with van der Waals surface area (Å²) in [7, 11) is 0. The molecule has 0 aliphatic carbocycles. The highest BCUT2D eigenvalue weighted by Crippen LogP contribution is 2.29. The molecule has 0 aromatic carbocycles. The maximum atomic E-state index is 12.9. The van der Waals surface area contributed by atoms with Crippen molar-refractivity contribution in [3.8, 4) is 0 Å². The minimum Gasteiger partial charge on any atom is -0.464 e. The Balaban J connectivity index is 2.18. The lowest BCUT2D eigenvalue weighted by atomic mass is 9.99. The summed E-state index contributed by atoms with van der Waals surface area (Å²) >= 11 is 0. The molecule has 0 aromatic heterocycles. The Kier molecular flexibility index (Phi) is 5.17. The van der Waals surface area contributed by atoms with Gasteiger partial charge in [-0.2, -0.15) is 0 Å². The van der Waals surface area contributed by atoms with E-state index in [1.807, 2.05) is 6.08 Å². The Hall–Kier alpha value is -1.62. The lowest BCUT2D eigenvalue weighted by Gasteiger charge is -2.31. The molecule has 2 fully saturated rings. The fourth-order valence-electron chi connectivity index (χ4n) is 3.26. The molecule has 116 valence electrons. The van der Waals surface area contributed by atoms with Gasteiger partial charge in [0.25, 0.3) is 0 Å². The average Bonchev–Trinajstić information content (AvgIpc) is 3.12. The van der Waals surface area contributed by atoms with Crippen molar-refractivity contribution in [2.75, 3.05) is 13.2 Å². The van der Waals surface area contributed by atoms with Crippen LogP contribution < -0.4 is 5.32 Å². The van der Waals surface area contributed by atoms with Gasteiger partial charge in [0.1, 0.15) is 6.04 Å². The second-order valence-corrected chi connectivity index (χ2v) is 5.51. The Bertz CT molecular complexity index is 435. The van der Waals surface area contributed by atoms with Crippen molar-refractivity contribution in [1.29, 1.82) is 0 Å². The van der Waals surface area contributed by atoms with E-state index in [0.29, 0.717) is 13.0 Å². The molecule has 0 saturated carbocycles. The number of amides is 1. The predicted molar refractivity (Wildman–Crippen MR) is 80.6 cm³/mol. The van der Waals surface area contributed by atoms with E-state index >= 15 is 0 Å². The summed E-state index contributed by atoms with van der Waals surface area (Å²) in [6.07, 6.45) is 5.85. The SMILES string of the molecule is C=CC1CC[C@@H](C(=O)OCC)N1C(=O)[C@H]1NCC[C@@H]1C=C.